The Morgan fingerprint density at radius 1 is 0.950 bits per heavy atom. The summed E-state index contributed by atoms with van der Waals surface area (Å²) in [6.45, 7) is 0. The van der Waals surface area contributed by atoms with E-state index in [4.69, 9.17) is 34.8 Å². The van der Waals surface area contributed by atoms with Crippen LogP contribution in [0, 0.1) is 5.82 Å². The van der Waals surface area contributed by atoms with Crippen LogP contribution in [0.15, 0.2) is 41.3 Å². The van der Waals surface area contributed by atoms with Crippen molar-refractivity contribution in [3.63, 3.8) is 0 Å². The van der Waals surface area contributed by atoms with Crippen LogP contribution in [-0.4, -0.2) is 8.42 Å². The van der Waals surface area contributed by atoms with Crippen LogP contribution in [0.4, 0.5) is 10.1 Å². The fourth-order valence-corrected chi connectivity index (χ4v) is 3.28. The molecule has 2 aromatic carbocycles. The van der Waals surface area contributed by atoms with Crippen molar-refractivity contribution in [2.45, 2.75) is 4.90 Å². The Kier molecular flexibility index (Phi) is 4.44. The summed E-state index contributed by atoms with van der Waals surface area (Å²) < 4.78 is 39.6. The first-order valence-electron chi connectivity index (χ1n) is 5.22. The van der Waals surface area contributed by atoms with Gasteiger partial charge in [-0.05, 0) is 36.4 Å². The lowest BCUT2D eigenvalue weighted by Gasteiger charge is -2.10. The summed E-state index contributed by atoms with van der Waals surface area (Å²) in [4.78, 5) is -0.171. The van der Waals surface area contributed by atoms with Crippen LogP contribution in [0.5, 0.6) is 0 Å². The van der Waals surface area contributed by atoms with E-state index in [9.17, 15) is 12.8 Å². The molecule has 0 aliphatic rings. The second-order valence-electron chi connectivity index (χ2n) is 3.81. The van der Waals surface area contributed by atoms with Gasteiger partial charge in [0.15, 0.2) is 0 Å². The Bertz CT molecular complexity index is 765. The molecule has 0 aliphatic carbocycles. The number of hydrogen-bond donors (Lipinski definition) is 1. The standard InChI is InChI=1S/C12H7Cl3FNO2S/c13-7-1-4-12(10(15)5-7)17-20(18,19)8-2-3-11(16)9(14)6-8/h1-6,17H. The molecule has 3 nitrogen and oxygen atoms in total. The molecule has 0 fully saturated rings. The molecular formula is C12H7Cl3FNO2S. The average molecular weight is 355 g/mol. The number of benzene rings is 2. The van der Waals surface area contributed by atoms with Gasteiger partial charge < -0.3 is 0 Å². The number of sulfonamides is 1. The van der Waals surface area contributed by atoms with Crippen molar-refractivity contribution in [1.29, 1.82) is 0 Å². The zero-order valence-electron chi connectivity index (χ0n) is 9.70. The Labute approximate surface area is 130 Å². The largest absolute Gasteiger partial charge is 0.278 e. The highest BCUT2D eigenvalue weighted by Crippen LogP contribution is 2.28. The predicted octanol–water partition coefficient (Wildman–Crippen LogP) is 4.59. The van der Waals surface area contributed by atoms with Crippen molar-refractivity contribution >= 4 is 50.5 Å². The van der Waals surface area contributed by atoms with Gasteiger partial charge in [-0.2, -0.15) is 0 Å². The monoisotopic (exact) mass is 353 g/mol. The molecule has 8 heteroatoms. The Balaban J connectivity index is 2.38. The van der Waals surface area contributed by atoms with E-state index < -0.39 is 15.8 Å². The minimum atomic E-state index is -3.92. The van der Waals surface area contributed by atoms with E-state index in [0.717, 1.165) is 18.2 Å². The Hall–Kier alpha value is -1.01. The van der Waals surface area contributed by atoms with E-state index in [1.165, 1.54) is 18.2 Å². The van der Waals surface area contributed by atoms with Crippen molar-refractivity contribution < 1.29 is 12.8 Å². The summed E-state index contributed by atoms with van der Waals surface area (Å²) in [6.07, 6.45) is 0. The molecule has 20 heavy (non-hydrogen) atoms. The molecule has 0 aliphatic heterocycles. The molecule has 2 rings (SSSR count). The maximum atomic E-state index is 13.0. The van der Waals surface area contributed by atoms with E-state index >= 15 is 0 Å². The van der Waals surface area contributed by atoms with Crippen LogP contribution in [0.25, 0.3) is 0 Å². The van der Waals surface area contributed by atoms with Gasteiger partial charge in [0.1, 0.15) is 5.82 Å². The first-order valence-corrected chi connectivity index (χ1v) is 7.84. The molecule has 0 unspecified atom stereocenters. The highest BCUT2D eigenvalue weighted by molar-refractivity contribution is 7.92. The number of rotatable bonds is 3. The Morgan fingerprint density at radius 3 is 2.25 bits per heavy atom. The van der Waals surface area contributed by atoms with Crippen molar-refractivity contribution in [2.24, 2.45) is 0 Å². The first kappa shape index (κ1) is 15.4. The van der Waals surface area contributed by atoms with E-state index in [1.807, 2.05) is 0 Å². The molecule has 2 aromatic rings. The maximum absolute atomic E-state index is 13.0. The quantitative estimate of drug-likeness (QED) is 0.876. The van der Waals surface area contributed by atoms with Gasteiger partial charge in [0.05, 0.1) is 20.6 Å². The summed E-state index contributed by atoms with van der Waals surface area (Å²) in [5, 5.41) is 0.243. The van der Waals surface area contributed by atoms with Crippen LogP contribution in [-0.2, 0) is 10.0 Å². The van der Waals surface area contributed by atoms with Crippen LogP contribution in [0.1, 0.15) is 0 Å². The minimum absolute atomic E-state index is 0.147. The lowest BCUT2D eigenvalue weighted by atomic mass is 10.3. The molecule has 0 amide bonds. The Morgan fingerprint density at radius 2 is 1.65 bits per heavy atom. The lowest BCUT2D eigenvalue weighted by Crippen LogP contribution is -2.13. The fraction of sp³-hybridized carbons (Fsp3) is 0. The lowest BCUT2D eigenvalue weighted by molar-refractivity contribution is 0.599. The summed E-state index contributed by atoms with van der Waals surface area (Å²) in [5.74, 6) is -0.699. The molecular weight excluding hydrogens is 348 g/mol. The second-order valence-corrected chi connectivity index (χ2v) is 6.74. The highest BCUT2D eigenvalue weighted by atomic mass is 35.5. The van der Waals surface area contributed by atoms with Crippen LogP contribution in [0.2, 0.25) is 15.1 Å². The summed E-state index contributed by atoms with van der Waals surface area (Å²) >= 11 is 17.2. The topological polar surface area (TPSA) is 46.2 Å². The molecule has 106 valence electrons. The molecule has 1 N–H and O–H groups in total. The van der Waals surface area contributed by atoms with Gasteiger partial charge in [-0.25, -0.2) is 12.8 Å². The third-order valence-electron chi connectivity index (χ3n) is 2.38. The van der Waals surface area contributed by atoms with Crippen molar-refractivity contribution in [3.8, 4) is 0 Å². The van der Waals surface area contributed by atoms with Gasteiger partial charge in [0, 0.05) is 5.02 Å². The van der Waals surface area contributed by atoms with Gasteiger partial charge in [-0.15, -0.1) is 0 Å². The highest BCUT2D eigenvalue weighted by Gasteiger charge is 2.17. The molecule has 0 heterocycles. The number of halogens is 4. The summed E-state index contributed by atoms with van der Waals surface area (Å²) in [5.41, 5.74) is 0.163. The third kappa shape index (κ3) is 3.35. The number of hydrogen-bond acceptors (Lipinski definition) is 2. The van der Waals surface area contributed by atoms with Crippen molar-refractivity contribution in [2.75, 3.05) is 4.72 Å². The fourth-order valence-electron chi connectivity index (χ4n) is 1.42. The van der Waals surface area contributed by atoms with E-state index in [0.29, 0.717) is 5.02 Å². The number of anilines is 1. The molecule has 0 bridgehead atoms. The van der Waals surface area contributed by atoms with Crippen LogP contribution >= 0.6 is 34.8 Å². The second kappa shape index (κ2) is 5.77. The van der Waals surface area contributed by atoms with Crippen LogP contribution in [0.3, 0.4) is 0 Å². The van der Waals surface area contributed by atoms with E-state index in [1.54, 1.807) is 0 Å². The summed E-state index contributed by atoms with van der Waals surface area (Å²) in [6, 6.07) is 7.41. The zero-order chi connectivity index (χ0) is 14.9. The number of nitrogens with one attached hydrogen (secondary N) is 1. The molecule has 0 spiro atoms. The van der Waals surface area contributed by atoms with Gasteiger partial charge >= 0.3 is 0 Å². The van der Waals surface area contributed by atoms with Gasteiger partial charge in [-0.3, -0.25) is 4.72 Å². The molecule has 0 aromatic heterocycles. The van der Waals surface area contributed by atoms with Crippen molar-refractivity contribution in [3.05, 3.63) is 57.3 Å². The van der Waals surface area contributed by atoms with Crippen LogP contribution < -0.4 is 4.72 Å². The van der Waals surface area contributed by atoms with Gasteiger partial charge in [-0.1, -0.05) is 34.8 Å². The van der Waals surface area contributed by atoms with Gasteiger partial charge in [0.2, 0.25) is 0 Å². The molecule has 0 saturated heterocycles. The molecule has 0 atom stereocenters. The smallest absolute Gasteiger partial charge is 0.261 e. The predicted molar refractivity (Wildman–Crippen MR) is 78.7 cm³/mol. The van der Waals surface area contributed by atoms with Crippen molar-refractivity contribution in [1.82, 2.24) is 0 Å². The first-order chi connectivity index (χ1) is 9.29. The zero-order valence-corrected chi connectivity index (χ0v) is 12.8. The van der Waals surface area contributed by atoms with E-state index in [-0.39, 0.29) is 20.6 Å². The normalized spacial score (nSPS) is 11.4. The minimum Gasteiger partial charge on any atom is -0.278 e. The van der Waals surface area contributed by atoms with Gasteiger partial charge in [0.25, 0.3) is 10.0 Å². The SMILES string of the molecule is O=S(=O)(Nc1ccc(Cl)cc1Cl)c1ccc(F)c(Cl)c1. The average Bonchev–Trinajstić information content (AvgIpc) is 2.36. The maximum Gasteiger partial charge on any atom is 0.261 e. The van der Waals surface area contributed by atoms with E-state index in [2.05, 4.69) is 4.72 Å². The third-order valence-corrected chi connectivity index (χ3v) is 4.58. The molecule has 0 saturated carbocycles. The summed E-state index contributed by atoms with van der Waals surface area (Å²) in [7, 11) is -3.92. The molecule has 0 radical (unpaired) electrons.